The lowest BCUT2D eigenvalue weighted by atomic mass is 10.0. The molecule has 1 aromatic heterocycles. The number of benzene rings is 2. The highest BCUT2D eigenvalue weighted by atomic mass is 14.9. The molecule has 0 spiro atoms. The quantitative estimate of drug-likeness (QED) is 0.391. The Morgan fingerprint density at radius 3 is 2.55 bits per heavy atom. The molecule has 0 unspecified atom stereocenters. The minimum Gasteiger partial charge on any atom is -0.354 e. The third-order valence-corrected chi connectivity index (χ3v) is 5.04. The summed E-state index contributed by atoms with van der Waals surface area (Å²) in [4.78, 5) is 0. The molecule has 3 aromatic rings. The van der Waals surface area contributed by atoms with Gasteiger partial charge in [0.05, 0.1) is 11.3 Å². The molecule has 2 aromatic carbocycles. The van der Waals surface area contributed by atoms with Gasteiger partial charge in [0.1, 0.15) is 6.07 Å². The largest absolute Gasteiger partial charge is 0.354 e. The lowest BCUT2D eigenvalue weighted by Gasteiger charge is -2.16. The molecule has 3 rings (SSSR count). The number of allylic oxidation sites excluding steroid dienone is 4. The van der Waals surface area contributed by atoms with Crippen LogP contribution in [0.15, 0.2) is 96.4 Å². The van der Waals surface area contributed by atoms with Crippen molar-refractivity contribution in [2.75, 3.05) is 5.32 Å². The van der Waals surface area contributed by atoms with Gasteiger partial charge >= 0.3 is 0 Å². The fraction of sp³-hybridized carbons (Fsp3) is 0.115. The van der Waals surface area contributed by atoms with Gasteiger partial charge in [-0.15, -0.1) is 0 Å². The highest BCUT2D eigenvalue weighted by molar-refractivity contribution is 5.89. The van der Waals surface area contributed by atoms with Crippen LogP contribution in [0.2, 0.25) is 0 Å². The van der Waals surface area contributed by atoms with E-state index in [-0.39, 0.29) is 0 Å². The number of aryl methyl sites for hydroxylation is 2. The van der Waals surface area contributed by atoms with E-state index in [1.807, 2.05) is 62.5 Å². The van der Waals surface area contributed by atoms with Crippen LogP contribution in [0, 0.1) is 18.3 Å². The van der Waals surface area contributed by atoms with E-state index >= 15 is 0 Å². The van der Waals surface area contributed by atoms with Crippen molar-refractivity contribution in [3.05, 3.63) is 108 Å². The molecule has 0 saturated carbocycles. The van der Waals surface area contributed by atoms with Gasteiger partial charge in [0.2, 0.25) is 0 Å². The number of aromatic nitrogens is 1. The second-order valence-electron chi connectivity index (χ2n) is 6.82. The Morgan fingerprint density at radius 2 is 1.90 bits per heavy atom. The van der Waals surface area contributed by atoms with Gasteiger partial charge in [-0.2, -0.15) is 5.26 Å². The molecule has 0 aliphatic carbocycles. The average Bonchev–Trinajstić information content (AvgIpc) is 3.13. The fourth-order valence-corrected chi connectivity index (χ4v) is 3.34. The molecule has 0 atom stereocenters. The number of fused-ring (bicyclic) bond motifs is 1. The van der Waals surface area contributed by atoms with E-state index in [1.165, 1.54) is 10.9 Å². The Balaban J connectivity index is 2.04. The smallest absolute Gasteiger partial charge is 0.101 e. The summed E-state index contributed by atoms with van der Waals surface area (Å²) in [5.74, 6) is 0. The number of nitriles is 1. The summed E-state index contributed by atoms with van der Waals surface area (Å²) in [6, 6.07) is 18.6. The van der Waals surface area contributed by atoms with Crippen molar-refractivity contribution < 1.29 is 0 Å². The Hall–Kier alpha value is -3.77. The summed E-state index contributed by atoms with van der Waals surface area (Å²) < 4.78 is 2.10. The second-order valence-corrected chi connectivity index (χ2v) is 6.82. The average molecular weight is 380 g/mol. The van der Waals surface area contributed by atoms with Crippen LogP contribution in [-0.4, -0.2) is 4.57 Å². The predicted octanol–water partition coefficient (Wildman–Crippen LogP) is 6.52. The van der Waals surface area contributed by atoms with Crippen molar-refractivity contribution in [1.29, 1.82) is 5.26 Å². The third kappa shape index (κ3) is 4.23. The molecule has 0 bridgehead atoms. The third-order valence-electron chi connectivity index (χ3n) is 5.04. The van der Waals surface area contributed by atoms with E-state index in [1.54, 1.807) is 6.08 Å². The predicted molar refractivity (Wildman–Crippen MR) is 123 cm³/mol. The first-order valence-corrected chi connectivity index (χ1v) is 9.57. The van der Waals surface area contributed by atoms with E-state index in [0.717, 1.165) is 28.1 Å². The van der Waals surface area contributed by atoms with E-state index in [4.69, 9.17) is 0 Å². The van der Waals surface area contributed by atoms with Gasteiger partial charge in [-0.1, -0.05) is 55.1 Å². The number of anilines is 1. The monoisotopic (exact) mass is 379 g/mol. The second kappa shape index (κ2) is 8.95. The number of nitrogens with one attached hydrogen (secondary N) is 1. The SMILES string of the molecule is C=C\C(C#N)=C(Nc1ccc2c(ccn2C)c1C)/C(=C\C)/C=C/c1ccccc1. The Kier molecular flexibility index (Phi) is 6.16. The topological polar surface area (TPSA) is 40.8 Å². The summed E-state index contributed by atoms with van der Waals surface area (Å²) in [5, 5.41) is 14.4. The standard InChI is InChI=1S/C26H25N3/c1-5-21(13-12-20-10-8-7-9-11-20)26(22(6-2)18-27)28-24-14-15-25-23(19(24)3)16-17-29(25)4/h5-17,28H,2H2,1,3-4H3/b13-12+,21-5-,26-22-. The molecule has 0 aliphatic rings. The van der Waals surface area contributed by atoms with Crippen LogP contribution >= 0.6 is 0 Å². The van der Waals surface area contributed by atoms with Crippen LogP contribution in [0.1, 0.15) is 18.1 Å². The maximum absolute atomic E-state index is 9.67. The first-order chi connectivity index (χ1) is 14.1. The summed E-state index contributed by atoms with van der Waals surface area (Å²) in [6.45, 7) is 7.89. The zero-order valence-corrected chi connectivity index (χ0v) is 17.1. The van der Waals surface area contributed by atoms with E-state index in [0.29, 0.717) is 5.57 Å². The van der Waals surface area contributed by atoms with Crippen LogP contribution in [0.5, 0.6) is 0 Å². The fourth-order valence-electron chi connectivity index (χ4n) is 3.34. The Morgan fingerprint density at radius 1 is 1.14 bits per heavy atom. The molecule has 3 heteroatoms. The molecule has 0 fully saturated rings. The first-order valence-electron chi connectivity index (χ1n) is 9.57. The molecule has 144 valence electrons. The van der Waals surface area contributed by atoms with Crippen LogP contribution < -0.4 is 5.32 Å². The molecule has 1 N–H and O–H groups in total. The molecule has 1 heterocycles. The number of hydrogen-bond donors (Lipinski definition) is 1. The lowest BCUT2D eigenvalue weighted by Crippen LogP contribution is -2.06. The summed E-state index contributed by atoms with van der Waals surface area (Å²) >= 11 is 0. The maximum Gasteiger partial charge on any atom is 0.101 e. The Labute approximate surface area is 172 Å². The zero-order valence-electron chi connectivity index (χ0n) is 17.1. The number of nitrogens with zero attached hydrogens (tertiary/aromatic N) is 2. The van der Waals surface area contributed by atoms with Crippen LogP contribution in [-0.2, 0) is 7.05 Å². The first kappa shape index (κ1) is 20.0. The van der Waals surface area contributed by atoms with Crippen molar-refractivity contribution in [1.82, 2.24) is 4.57 Å². The molecule has 0 radical (unpaired) electrons. The highest BCUT2D eigenvalue weighted by Crippen LogP contribution is 2.29. The maximum atomic E-state index is 9.67. The summed E-state index contributed by atoms with van der Waals surface area (Å²) in [7, 11) is 2.04. The number of rotatable bonds is 6. The molecule has 29 heavy (non-hydrogen) atoms. The molecule has 3 nitrogen and oxygen atoms in total. The number of hydrogen-bond acceptors (Lipinski definition) is 2. The van der Waals surface area contributed by atoms with Gasteiger partial charge in [-0.25, -0.2) is 0 Å². The summed E-state index contributed by atoms with van der Waals surface area (Å²) in [5.41, 5.74) is 6.57. The van der Waals surface area contributed by atoms with Crippen molar-refractivity contribution in [3.8, 4) is 6.07 Å². The van der Waals surface area contributed by atoms with Crippen LogP contribution in [0.4, 0.5) is 5.69 Å². The minimum absolute atomic E-state index is 0.503. The van der Waals surface area contributed by atoms with E-state index in [2.05, 4.69) is 53.9 Å². The van der Waals surface area contributed by atoms with Crippen LogP contribution in [0.3, 0.4) is 0 Å². The summed E-state index contributed by atoms with van der Waals surface area (Å²) in [6.07, 6.45) is 9.72. The normalized spacial score (nSPS) is 12.7. The van der Waals surface area contributed by atoms with Crippen LogP contribution in [0.25, 0.3) is 17.0 Å². The van der Waals surface area contributed by atoms with Gasteiger partial charge in [0.25, 0.3) is 0 Å². The Bertz CT molecular complexity index is 1170. The molecular formula is C26H25N3. The van der Waals surface area contributed by atoms with Crippen molar-refractivity contribution in [2.45, 2.75) is 13.8 Å². The molecule has 0 amide bonds. The van der Waals surface area contributed by atoms with Crippen molar-refractivity contribution >= 4 is 22.7 Å². The van der Waals surface area contributed by atoms with Gasteiger partial charge in [-0.3, -0.25) is 0 Å². The molecular weight excluding hydrogens is 354 g/mol. The zero-order chi connectivity index (χ0) is 20.8. The van der Waals surface area contributed by atoms with Crippen molar-refractivity contribution in [2.24, 2.45) is 7.05 Å². The van der Waals surface area contributed by atoms with E-state index < -0.39 is 0 Å². The highest BCUT2D eigenvalue weighted by Gasteiger charge is 2.12. The lowest BCUT2D eigenvalue weighted by molar-refractivity contribution is 0.969. The van der Waals surface area contributed by atoms with Gasteiger partial charge < -0.3 is 9.88 Å². The van der Waals surface area contributed by atoms with Gasteiger partial charge in [0, 0.05) is 29.8 Å². The van der Waals surface area contributed by atoms with Crippen molar-refractivity contribution in [3.63, 3.8) is 0 Å². The molecule has 0 aliphatic heterocycles. The van der Waals surface area contributed by atoms with Gasteiger partial charge in [0.15, 0.2) is 0 Å². The van der Waals surface area contributed by atoms with Gasteiger partial charge in [-0.05, 0) is 54.8 Å². The minimum atomic E-state index is 0.503. The molecule has 0 saturated heterocycles. The van der Waals surface area contributed by atoms with E-state index in [9.17, 15) is 5.26 Å².